The second-order valence-corrected chi connectivity index (χ2v) is 14.2. The van der Waals surface area contributed by atoms with Crippen LogP contribution in [0.25, 0.3) is 105 Å². The summed E-state index contributed by atoms with van der Waals surface area (Å²) >= 11 is 0. The van der Waals surface area contributed by atoms with E-state index in [0.29, 0.717) is 0 Å². The van der Waals surface area contributed by atoms with Gasteiger partial charge in [-0.15, -0.1) is 0 Å². The van der Waals surface area contributed by atoms with Crippen LogP contribution in [0.5, 0.6) is 0 Å². The molecule has 0 saturated heterocycles. The fourth-order valence-corrected chi connectivity index (χ4v) is 8.38. The summed E-state index contributed by atoms with van der Waals surface area (Å²) in [6, 6.07) is 69.6. The van der Waals surface area contributed by atoms with Crippen molar-refractivity contribution in [2.45, 2.75) is 0 Å². The van der Waals surface area contributed by atoms with E-state index in [1.54, 1.807) is 0 Å². The normalized spacial score (nSPS) is 11.6. The van der Waals surface area contributed by atoms with Crippen molar-refractivity contribution in [3.63, 3.8) is 0 Å². The quantitative estimate of drug-likeness (QED) is 0.167. The van der Waals surface area contributed by atoms with Crippen LogP contribution < -0.4 is 0 Å². The zero-order valence-electron chi connectivity index (χ0n) is 29.9. The minimum atomic E-state index is 0.862. The molecule has 0 atom stereocenters. The van der Waals surface area contributed by atoms with E-state index in [2.05, 4.69) is 199 Å². The number of fused-ring (bicyclic) bond motifs is 9. The van der Waals surface area contributed by atoms with Gasteiger partial charge in [0.05, 0.1) is 34.0 Å². The van der Waals surface area contributed by atoms with E-state index in [9.17, 15) is 0 Å². The van der Waals surface area contributed by atoms with Crippen LogP contribution >= 0.6 is 0 Å². The molecule has 0 aliphatic heterocycles. The van der Waals surface area contributed by atoms with Gasteiger partial charge < -0.3 is 4.57 Å². The van der Waals surface area contributed by atoms with Crippen LogP contribution in [-0.4, -0.2) is 14.5 Å². The minimum Gasteiger partial charge on any atom is -0.309 e. The lowest BCUT2D eigenvalue weighted by molar-refractivity contribution is 1.18. The van der Waals surface area contributed by atoms with Crippen molar-refractivity contribution in [3.05, 3.63) is 200 Å². The molecule has 55 heavy (non-hydrogen) atoms. The average molecular weight is 700 g/mol. The first-order valence-electron chi connectivity index (χ1n) is 18.7. The van der Waals surface area contributed by atoms with Crippen LogP contribution in [0.4, 0.5) is 0 Å². The summed E-state index contributed by atoms with van der Waals surface area (Å²) in [6.45, 7) is 0. The van der Waals surface area contributed by atoms with Gasteiger partial charge in [0.1, 0.15) is 0 Å². The fourth-order valence-electron chi connectivity index (χ4n) is 8.38. The second-order valence-electron chi connectivity index (χ2n) is 14.2. The van der Waals surface area contributed by atoms with Gasteiger partial charge in [-0.1, -0.05) is 152 Å². The SMILES string of the molecule is c1ccc(-c2ccc3c(c2)c2ccccc2n3-c2cccc(-c3cccc(-c4cccc(-c5cnc6c7ccccc7c7ccccc7c6n5)c4)c3)c2)cc1. The third-order valence-corrected chi connectivity index (χ3v) is 11.0. The Hall–Kier alpha value is -7.36. The molecule has 3 heteroatoms. The van der Waals surface area contributed by atoms with Gasteiger partial charge >= 0.3 is 0 Å². The van der Waals surface area contributed by atoms with Crippen molar-refractivity contribution >= 4 is 54.4 Å². The topological polar surface area (TPSA) is 30.7 Å². The monoisotopic (exact) mass is 699 g/mol. The van der Waals surface area contributed by atoms with Crippen molar-refractivity contribution in [2.24, 2.45) is 0 Å². The molecule has 11 rings (SSSR count). The predicted molar refractivity (Wildman–Crippen MR) is 231 cm³/mol. The highest BCUT2D eigenvalue weighted by Crippen LogP contribution is 2.38. The molecule has 0 N–H and O–H groups in total. The summed E-state index contributed by atoms with van der Waals surface area (Å²) < 4.78 is 2.40. The molecule has 2 aromatic heterocycles. The second kappa shape index (κ2) is 12.6. The van der Waals surface area contributed by atoms with E-state index in [0.717, 1.165) is 49.9 Å². The first kappa shape index (κ1) is 31.2. The van der Waals surface area contributed by atoms with Crippen molar-refractivity contribution in [2.75, 3.05) is 0 Å². The number of hydrogen-bond donors (Lipinski definition) is 0. The van der Waals surface area contributed by atoms with Crippen LogP contribution in [0.3, 0.4) is 0 Å². The number of aromatic nitrogens is 3. The zero-order chi connectivity index (χ0) is 36.3. The van der Waals surface area contributed by atoms with Crippen LogP contribution in [0.1, 0.15) is 0 Å². The van der Waals surface area contributed by atoms with Crippen molar-refractivity contribution in [3.8, 4) is 50.3 Å². The number of rotatable bonds is 5. The van der Waals surface area contributed by atoms with Gasteiger partial charge in [-0.3, -0.25) is 4.98 Å². The highest BCUT2D eigenvalue weighted by molar-refractivity contribution is 6.23. The summed E-state index contributed by atoms with van der Waals surface area (Å²) in [4.78, 5) is 10.3. The number of nitrogens with zero attached hydrogens (tertiary/aromatic N) is 3. The number of hydrogen-bond acceptors (Lipinski definition) is 2. The molecule has 0 fully saturated rings. The van der Waals surface area contributed by atoms with Crippen LogP contribution in [-0.2, 0) is 0 Å². The molecule has 9 aromatic carbocycles. The summed E-state index contributed by atoms with van der Waals surface area (Å²) in [5, 5.41) is 7.14. The Morgan fingerprint density at radius 3 is 1.55 bits per heavy atom. The maximum atomic E-state index is 5.26. The molecule has 3 nitrogen and oxygen atoms in total. The van der Waals surface area contributed by atoms with Gasteiger partial charge in [0.2, 0.25) is 0 Å². The largest absolute Gasteiger partial charge is 0.309 e. The van der Waals surface area contributed by atoms with Gasteiger partial charge in [0.25, 0.3) is 0 Å². The first-order chi connectivity index (χ1) is 27.3. The van der Waals surface area contributed by atoms with E-state index in [4.69, 9.17) is 9.97 Å². The molecule has 0 amide bonds. The molecule has 2 heterocycles. The average Bonchev–Trinajstić information content (AvgIpc) is 3.60. The lowest BCUT2D eigenvalue weighted by Gasteiger charge is -2.12. The Morgan fingerprint density at radius 2 is 0.818 bits per heavy atom. The Balaban J connectivity index is 0.977. The highest BCUT2D eigenvalue weighted by atomic mass is 15.0. The summed E-state index contributed by atoms with van der Waals surface area (Å²) in [7, 11) is 0. The van der Waals surface area contributed by atoms with E-state index in [1.807, 2.05) is 6.20 Å². The molecule has 0 saturated carbocycles. The highest BCUT2D eigenvalue weighted by Gasteiger charge is 2.15. The molecule has 0 bridgehead atoms. The van der Waals surface area contributed by atoms with Crippen molar-refractivity contribution < 1.29 is 0 Å². The van der Waals surface area contributed by atoms with E-state index in [1.165, 1.54) is 54.8 Å². The van der Waals surface area contributed by atoms with Crippen LogP contribution in [0, 0.1) is 0 Å². The molecule has 0 radical (unpaired) electrons. The molecule has 0 aliphatic rings. The van der Waals surface area contributed by atoms with E-state index in [-0.39, 0.29) is 0 Å². The summed E-state index contributed by atoms with van der Waals surface area (Å²) in [5.41, 5.74) is 14.4. The van der Waals surface area contributed by atoms with Crippen LogP contribution in [0.15, 0.2) is 200 Å². The summed E-state index contributed by atoms with van der Waals surface area (Å²) in [5.74, 6) is 0. The smallest absolute Gasteiger partial charge is 0.0979 e. The number of benzene rings is 9. The lowest BCUT2D eigenvalue weighted by atomic mass is 9.97. The molecular formula is C52H33N3. The minimum absolute atomic E-state index is 0.862. The molecule has 0 spiro atoms. The number of para-hydroxylation sites is 1. The lowest BCUT2D eigenvalue weighted by Crippen LogP contribution is -1.94. The van der Waals surface area contributed by atoms with Crippen LogP contribution in [0.2, 0.25) is 0 Å². The predicted octanol–water partition coefficient (Wildman–Crippen LogP) is 13.7. The standard InChI is InChI=1S/C52H33N3/c1-2-13-34(14-3-1)39-27-28-50-47(32-39)44-23-8-9-26-49(44)55(50)41-20-12-18-38(31-41)36-16-10-15-35(29-36)37-17-11-19-40(30-37)48-33-53-51-45-24-6-4-21-42(45)43-22-5-7-25-46(43)52(51)54-48/h1-33H. The third-order valence-electron chi connectivity index (χ3n) is 11.0. The van der Waals surface area contributed by atoms with Gasteiger partial charge in [0, 0.05) is 32.8 Å². The van der Waals surface area contributed by atoms with Gasteiger partial charge in [-0.2, -0.15) is 0 Å². The van der Waals surface area contributed by atoms with E-state index >= 15 is 0 Å². The van der Waals surface area contributed by atoms with E-state index < -0.39 is 0 Å². The van der Waals surface area contributed by atoms with Gasteiger partial charge in [0.15, 0.2) is 0 Å². The molecule has 0 unspecified atom stereocenters. The molecular weight excluding hydrogens is 667 g/mol. The van der Waals surface area contributed by atoms with Gasteiger partial charge in [-0.25, -0.2) is 4.98 Å². The first-order valence-corrected chi connectivity index (χ1v) is 18.7. The maximum Gasteiger partial charge on any atom is 0.0979 e. The molecule has 256 valence electrons. The Labute approximate surface area is 318 Å². The Morgan fingerprint density at radius 1 is 0.309 bits per heavy atom. The maximum absolute atomic E-state index is 5.26. The molecule has 11 aromatic rings. The third kappa shape index (κ3) is 5.20. The molecule has 0 aliphatic carbocycles. The van der Waals surface area contributed by atoms with Crippen molar-refractivity contribution in [1.29, 1.82) is 0 Å². The summed E-state index contributed by atoms with van der Waals surface area (Å²) in [6.07, 6.45) is 1.92. The fraction of sp³-hybridized carbons (Fsp3) is 0. The zero-order valence-corrected chi connectivity index (χ0v) is 29.9. The Bertz CT molecular complexity index is 3230. The Kier molecular flexibility index (Phi) is 7.17. The van der Waals surface area contributed by atoms with Crippen molar-refractivity contribution in [1.82, 2.24) is 14.5 Å². The van der Waals surface area contributed by atoms with Gasteiger partial charge in [-0.05, 0) is 86.6 Å².